The standard InChI is InChI=1S/C14H9BrF3NO2/c1-21-12-6-8(15)2-3-9(12)13(20)10-7-19-5-4-11(10)14(16,17)18/h2-7H,1H3. The van der Waals surface area contributed by atoms with Gasteiger partial charge in [0.2, 0.25) is 0 Å². The number of alkyl halides is 3. The van der Waals surface area contributed by atoms with E-state index in [0.717, 1.165) is 18.5 Å². The van der Waals surface area contributed by atoms with E-state index < -0.39 is 23.1 Å². The number of halogens is 4. The number of methoxy groups -OCH3 is 1. The lowest BCUT2D eigenvalue weighted by Crippen LogP contribution is -2.14. The van der Waals surface area contributed by atoms with Crippen molar-refractivity contribution in [2.45, 2.75) is 6.18 Å². The fourth-order valence-electron chi connectivity index (χ4n) is 1.82. The number of nitrogens with zero attached hydrogens (tertiary/aromatic N) is 1. The Hall–Kier alpha value is -1.89. The maximum atomic E-state index is 13.0. The summed E-state index contributed by atoms with van der Waals surface area (Å²) in [6.45, 7) is 0. The summed E-state index contributed by atoms with van der Waals surface area (Å²) in [4.78, 5) is 16.0. The third-order valence-electron chi connectivity index (χ3n) is 2.78. The van der Waals surface area contributed by atoms with Gasteiger partial charge in [-0.1, -0.05) is 15.9 Å². The summed E-state index contributed by atoms with van der Waals surface area (Å²) in [7, 11) is 1.34. The highest BCUT2D eigenvalue weighted by atomic mass is 79.9. The monoisotopic (exact) mass is 359 g/mol. The van der Waals surface area contributed by atoms with Crippen molar-refractivity contribution >= 4 is 21.7 Å². The Morgan fingerprint density at radius 1 is 1.24 bits per heavy atom. The number of benzene rings is 1. The van der Waals surface area contributed by atoms with Crippen LogP contribution in [0.25, 0.3) is 0 Å². The molecule has 21 heavy (non-hydrogen) atoms. The number of ketones is 1. The van der Waals surface area contributed by atoms with Gasteiger partial charge in [0.25, 0.3) is 0 Å². The molecule has 0 amide bonds. The van der Waals surface area contributed by atoms with E-state index in [-0.39, 0.29) is 11.3 Å². The van der Waals surface area contributed by atoms with Crippen LogP contribution in [0.1, 0.15) is 21.5 Å². The summed E-state index contributed by atoms with van der Waals surface area (Å²) in [5.41, 5.74) is -1.49. The normalized spacial score (nSPS) is 11.3. The van der Waals surface area contributed by atoms with Crippen molar-refractivity contribution < 1.29 is 22.7 Å². The molecular weight excluding hydrogens is 351 g/mol. The molecule has 2 aromatic rings. The summed E-state index contributed by atoms with van der Waals surface area (Å²) >= 11 is 3.21. The molecule has 7 heteroatoms. The SMILES string of the molecule is COc1cc(Br)ccc1C(=O)c1cnccc1C(F)(F)F. The van der Waals surface area contributed by atoms with Crippen LogP contribution in [0.4, 0.5) is 13.2 Å². The summed E-state index contributed by atoms with van der Waals surface area (Å²) < 4.78 is 44.5. The number of rotatable bonds is 3. The van der Waals surface area contributed by atoms with E-state index in [1.165, 1.54) is 19.2 Å². The van der Waals surface area contributed by atoms with Crippen LogP contribution in [0.5, 0.6) is 5.75 Å². The lowest BCUT2D eigenvalue weighted by Gasteiger charge is -2.13. The van der Waals surface area contributed by atoms with Gasteiger partial charge >= 0.3 is 6.18 Å². The Morgan fingerprint density at radius 3 is 2.57 bits per heavy atom. The predicted molar refractivity (Wildman–Crippen MR) is 73.4 cm³/mol. The van der Waals surface area contributed by atoms with Crippen LogP contribution in [0.2, 0.25) is 0 Å². The molecule has 1 aromatic heterocycles. The van der Waals surface area contributed by atoms with Crippen molar-refractivity contribution in [1.82, 2.24) is 4.98 Å². The Balaban J connectivity index is 2.56. The van der Waals surface area contributed by atoms with E-state index in [2.05, 4.69) is 20.9 Å². The first-order valence-corrected chi connectivity index (χ1v) is 6.53. The molecule has 0 spiro atoms. The molecule has 0 atom stereocenters. The summed E-state index contributed by atoms with van der Waals surface area (Å²) in [5.74, 6) is -0.605. The third kappa shape index (κ3) is 3.24. The van der Waals surface area contributed by atoms with Crippen molar-refractivity contribution in [2.24, 2.45) is 0 Å². The van der Waals surface area contributed by atoms with Gasteiger partial charge in [-0.15, -0.1) is 0 Å². The highest BCUT2D eigenvalue weighted by Gasteiger charge is 2.35. The molecule has 0 saturated carbocycles. The van der Waals surface area contributed by atoms with Crippen LogP contribution in [0.15, 0.2) is 41.1 Å². The van der Waals surface area contributed by atoms with Gasteiger partial charge in [0.1, 0.15) is 5.75 Å². The Labute approximate surface area is 126 Å². The van der Waals surface area contributed by atoms with Gasteiger partial charge in [0.05, 0.1) is 23.8 Å². The second kappa shape index (κ2) is 5.85. The van der Waals surface area contributed by atoms with Gasteiger partial charge in [-0.2, -0.15) is 13.2 Å². The topological polar surface area (TPSA) is 39.2 Å². The molecule has 0 saturated heterocycles. The lowest BCUT2D eigenvalue weighted by atomic mass is 9.99. The van der Waals surface area contributed by atoms with Crippen LogP contribution >= 0.6 is 15.9 Å². The molecule has 0 aliphatic heterocycles. The molecule has 0 bridgehead atoms. The van der Waals surface area contributed by atoms with E-state index >= 15 is 0 Å². The number of pyridine rings is 1. The number of carbonyl (C=O) groups excluding carboxylic acids is 1. The first kappa shape index (κ1) is 15.5. The van der Waals surface area contributed by atoms with Crippen LogP contribution in [0, 0.1) is 0 Å². The minimum Gasteiger partial charge on any atom is -0.496 e. The first-order valence-electron chi connectivity index (χ1n) is 5.74. The van der Waals surface area contributed by atoms with Gasteiger partial charge < -0.3 is 4.74 Å². The Kier molecular flexibility index (Phi) is 4.32. The lowest BCUT2D eigenvalue weighted by molar-refractivity contribution is -0.137. The minimum atomic E-state index is -4.63. The van der Waals surface area contributed by atoms with Gasteiger partial charge in [-0.3, -0.25) is 9.78 Å². The molecule has 1 aromatic carbocycles. The van der Waals surface area contributed by atoms with E-state index in [0.29, 0.717) is 4.47 Å². The second-order valence-corrected chi connectivity index (χ2v) is 5.01. The Bertz CT molecular complexity index is 686. The van der Waals surface area contributed by atoms with Gasteiger partial charge in [-0.05, 0) is 24.3 Å². The molecule has 3 nitrogen and oxygen atoms in total. The highest BCUT2D eigenvalue weighted by Crippen LogP contribution is 2.34. The van der Waals surface area contributed by atoms with Crippen molar-refractivity contribution in [3.63, 3.8) is 0 Å². The quantitative estimate of drug-likeness (QED) is 0.774. The fraction of sp³-hybridized carbons (Fsp3) is 0.143. The number of carbonyl (C=O) groups is 1. The minimum absolute atomic E-state index is 0.0409. The molecule has 1 heterocycles. The molecule has 0 N–H and O–H groups in total. The number of ether oxygens (including phenoxy) is 1. The zero-order valence-corrected chi connectivity index (χ0v) is 12.3. The number of hydrogen-bond acceptors (Lipinski definition) is 3. The molecule has 0 aliphatic rings. The molecular formula is C14H9BrF3NO2. The maximum Gasteiger partial charge on any atom is 0.417 e. The zero-order chi connectivity index (χ0) is 15.6. The second-order valence-electron chi connectivity index (χ2n) is 4.09. The number of aromatic nitrogens is 1. The van der Waals surface area contributed by atoms with Crippen molar-refractivity contribution in [3.05, 3.63) is 57.8 Å². The van der Waals surface area contributed by atoms with E-state index in [4.69, 9.17) is 4.74 Å². The fourth-order valence-corrected chi connectivity index (χ4v) is 2.16. The molecule has 0 radical (unpaired) electrons. The molecule has 0 fully saturated rings. The van der Waals surface area contributed by atoms with Crippen molar-refractivity contribution in [1.29, 1.82) is 0 Å². The van der Waals surface area contributed by atoms with E-state index in [9.17, 15) is 18.0 Å². The number of hydrogen-bond donors (Lipinski definition) is 0. The molecule has 0 unspecified atom stereocenters. The Morgan fingerprint density at radius 2 is 1.95 bits per heavy atom. The average Bonchev–Trinajstić information content (AvgIpc) is 2.45. The molecule has 0 aliphatic carbocycles. The van der Waals surface area contributed by atoms with Crippen LogP contribution in [-0.4, -0.2) is 17.9 Å². The van der Waals surface area contributed by atoms with Crippen LogP contribution in [-0.2, 0) is 6.18 Å². The maximum absolute atomic E-state index is 13.0. The van der Waals surface area contributed by atoms with E-state index in [1.807, 2.05) is 0 Å². The summed E-state index contributed by atoms with van der Waals surface area (Å²) in [6.07, 6.45) is -2.72. The average molecular weight is 360 g/mol. The van der Waals surface area contributed by atoms with Gasteiger partial charge in [0.15, 0.2) is 5.78 Å². The van der Waals surface area contributed by atoms with Gasteiger partial charge in [0, 0.05) is 16.9 Å². The largest absolute Gasteiger partial charge is 0.496 e. The van der Waals surface area contributed by atoms with E-state index in [1.54, 1.807) is 6.07 Å². The van der Waals surface area contributed by atoms with Crippen LogP contribution < -0.4 is 4.74 Å². The smallest absolute Gasteiger partial charge is 0.417 e. The van der Waals surface area contributed by atoms with Crippen LogP contribution in [0.3, 0.4) is 0 Å². The van der Waals surface area contributed by atoms with Crippen molar-refractivity contribution in [2.75, 3.05) is 7.11 Å². The third-order valence-corrected chi connectivity index (χ3v) is 3.27. The highest BCUT2D eigenvalue weighted by molar-refractivity contribution is 9.10. The zero-order valence-electron chi connectivity index (χ0n) is 10.7. The molecule has 2 rings (SSSR count). The first-order chi connectivity index (χ1) is 9.84. The van der Waals surface area contributed by atoms with Gasteiger partial charge in [-0.25, -0.2) is 0 Å². The predicted octanol–water partition coefficient (Wildman–Crippen LogP) is 4.10. The van der Waals surface area contributed by atoms with Crippen molar-refractivity contribution in [3.8, 4) is 5.75 Å². The molecule has 110 valence electrons. The summed E-state index contributed by atoms with van der Waals surface area (Å²) in [6, 6.07) is 5.24. The summed E-state index contributed by atoms with van der Waals surface area (Å²) in [5, 5.41) is 0.